The second-order valence-electron chi connectivity index (χ2n) is 7.79. The van der Waals surface area contributed by atoms with E-state index in [1.165, 1.54) is 25.9 Å². The Hall–Kier alpha value is -2.39. The number of quaternary nitrogens is 1. The van der Waals surface area contributed by atoms with Crippen molar-refractivity contribution in [2.24, 2.45) is 5.92 Å². The molecule has 2 aromatic rings. The molecule has 0 radical (unpaired) electrons. The monoisotopic (exact) mass is 346 g/mol. The first-order valence-electron chi connectivity index (χ1n) is 9.69. The van der Waals surface area contributed by atoms with Crippen molar-refractivity contribution in [3.05, 3.63) is 70.8 Å². The predicted octanol–water partition coefficient (Wildman–Crippen LogP) is 2.52. The van der Waals surface area contributed by atoms with Crippen LogP contribution < -0.4 is 4.90 Å². The molecule has 0 unspecified atom stereocenters. The number of nitrogens with one attached hydrogen (secondary N) is 1. The van der Waals surface area contributed by atoms with E-state index in [4.69, 9.17) is 4.74 Å². The summed E-state index contributed by atoms with van der Waals surface area (Å²) in [5.41, 5.74) is 4.30. The van der Waals surface area contributed by atoms with E-state index in [0.717, 1.165) is 28.8 Å². The lowest BCUT2D eigenvalue weighted by atomic mass is 9.85. The highest BCUT2D eigenvalue weighted by Gasteiger charge is 2.41. The smallest absolute Gasteiger partial charge is 0.318 e. The van der Waals surface area contributed by atoms with Crippen LogP contribution in [0.3, 0.4) is 0 Å². The van der Waals surface area contributed by atoms with Crippen LogP contribution in [0.1, 0.15) is 41.0 Å². The average Bonchev–Trinajstić information content (AvgIpc) is 2.86. The second kappa shape index (κ2) is 6.40. The fourth-order valence-electron chi connectivity index (χ4n) is 4.88. The van der Waals surface area contributed by atoms with Crippen LogP contribution in [-0.2, 0) is 9.53 Å². The van der Waals surface area contributed by atoms with E-state index in [1.54, 1.807) is 4.90 Å². The zero-order valence-electron chi connectivity index (χ0n) is 14.9. The lowest BCUT2D eigenvalue weighted by Crippen LogP contribution is -3.16. The van der Waals surface area contributed by atoms with Crippen LogP contribution >= 0.6 is 0 Å². The minimum Gasteiger partial charge on any atom is -0.455 e. The summed E-state index contributed by atoms with van der Waals surface area (Å²) in [7, 11) is 0. The lowest BCUT2D eigenvalue weighted by Gasteiger charge is -2.41. The van der Waals surface area contributed by atoms with Gasteiger partial charge in [0.05, 0.1) is 13.1 Å². The number of piperidine rings is 3. The van der Waals surface area contributed by atoms with Gasteiger partial charge in [0.2, 0.25) is 0 Å². The quantitative estimate of drug-likeness (QED) is 0.847. The molecular formula is C23H24NO2+. The number of ether oxygens (including phenoxy) is 1. The normalized spacial score (nSPS) is 26.7. The summed E-state index contributed by atoms with van der Waals surface area (Å²) in [5.74, 6) is 0.112. The SMILES string of the molecule is O=C(O[C@H]1C[NH+]2CCC1CC2)C1c2ccccc2C=Cc2ccccc21. The molecule has 3 fully saturated rings. The molecule has 1 aliphatic carbocycles. The molecule has 4 aliphatic rings. The molecule has 0 aromatic heterocycles. The predicted molar refractivity (Wildman–Crippen MR) is 102 cm³/mol. The molecule has 1 N–H and O–H groups in total. The third kappa shape index (κ3) is 2.67. The number of carbonyl (C=O) groups is 1. The van der Waals surface area contributed by atoms with E-state index in [2.05, 4.69) is 36.4 Å². The molecule has 1 atom stereocenters. The first-order chi connectivity index (χ1) is 12.8. The second-order valence-corrected chi connectivity index (χ2v) is 7.79. The van der Waals surface area contributed by atoms with Crippen LogP contribution in [0.15, 0.2) is 48.5 Å². The Morgan fingerprint density at radius 3 is 2.00 bits per heavy atom. The fourth-order valence-corrected chi connectivity index (χ4v) is 4.88. The van der Waals surface area contributed by atoms with E-state index in [-0.39, 0.29) is 18.0 Å². The third-order valence-electron chi connectivity index (χ3n) is 6.31. The molecule has 0 amide bonds. The number of esters is 1. The molecule has 3 aliphatic heterocycles. The van der Waals surface area contributed by atoms with Gasteiger partial charge in [-0.05, 0) is 22.3 Å². The summed E-state index contributed by atoms with van der Waals surface area (Å²) in [5, 5.41) is 0. The topological polar surface area (TPSA) is 30.7 Å². The fraction of sp³-hybridized carbons (Fsp3) is 0.348. The minimum atomic E-state index is -0.345. The summed E-state index contributed by atoms with van der Waals surface area (Å²) >= 11 is 0. The van der Waals surface area contributed by atoms with Gasteiger partial charge in [0, 0.05) is 18.8 Å². The van der Waals surface area contributed by atoms with Gasteiger partial charge in [-0.3, -0.25) is 4.79 Å². The number of hydrogen-bond donors (Lipinski definition) is 1. The molecule has 3 nitrogen and oxygen atoms in total. The van der Waals surface area contributed by atoms with Gasteiger partial charge >= 0.3 is 5.97 Å². The highest BCUT2D eigenvalue weighted by molar-refractivity contribution is 5.89. The van der Waals surface area contributed by atoms with Crippen LogP contribution in [0.25, 0.3) is 12.2 Å². The van der Waals surface area contributed by atoms with Crippen LogP contribution in [0, 0.1) is 5.92 Å². The summed E-state index contributed by atoms with van der Waals surface area (Å²) < 4.78 is 6.15. The molecule has 3 saturated heterocycles. The number of rotatable bonds is 2. The highest BCUT2D eigenvalue weighted by Crippen LogP contribution is 2.36. The van der Waals surface area contributed by atoms with Crippen molar-refractivity contribution in [2.45, 2.75) is 24.9 Å². The number of fused-ring (bicyclic) bond motifs is 5. The largest absolute Gasteiger partial charge is 0.455 e. The zero-order valence-corrected chi connectivity index (χ0v) is 14.9. The molecule has 0 spiro atoms. The van der Waals surface area contributed by atoms with Crippen molar-refractivity contribution in [1.82, 2.24) is 0 Å². The lowest BCUT2D eigenvalue weighted by molar-refractivity contribution is -0.920. The van der Waals surface area contributed by atoms with E-state index in [9.17, 15) is 4.79 Å². The average molecular weight is 346 g/mol. The van der Waals surface area contributed by atoms with Crippen molar-refractivity contribution in [1.29, 1.82) is 0 Å². The van der Waals surface area contributed by atoms with Crippen molar-refractivity contribution in [3.8, 4) is 0 Å². The van der Waals surface area contributed by atoms with E-state index >= 15 is 0 Å². The number of benzene rings is 2. The van der Waals surface area contributed by atoms with Crippen LogP contribution in [0.5, 0.6) is 0 Å². The summed E-state index contributed by atoms with van der Waals surface area (Å²) in [4.78, 5) is 15.0. The molecule has 132 valence electrons. The van der Waals surface area contributed by atoms with Gasteiger partial charge in [-0.25, -0.2) is 0 Å². The molecule has 3 heteroatoms. The van der Waals surface area contributed by atoms with Crippen molar-refractivity contribution in [3.63, 3.8) is 0 Å². The van der Waals surface area contributed by atoms with Crippen LogP contribution in [0.4, 0.5) is 0 Å². The third-order valence-corrected chi connectivity index (χ3v) is 6.31. The molecule has 26 heavy (non-hydrogen) atoms. The number of hydrogen-bond acceptors (Lipinski definition) is 2. The summed E-state index contributed by atoms with van der Waals surface area (Å²) in [6.07, 6.45) is 6.68. The molecule has 3 heterocycles. The Morgan fingerprint density at radius 1 is 0.885 bits per heavy atom. The van der Waals surface area contributed by atoms with Crippen molar-refractivity contribution < 1.29 is 14.4 Å². The van der Waals surface area contributed by atoms with Crippen molar-refractivity contribution >= 4 is 18.1 Å². The van der Waals surface area contributed by atoms with Gasteiger partial charge in [-0.2, -0.15) is 0 Å². The Balaban J connectivity index is 1.51. The van der Waals surface area contributed by atoms with E-state index < -0.39 is 0 Å². The highest BCUT2D eigenvalue weighted by atomic mass is 16.5. The zero-order chi connectivity index (χ0) is 17.5. The Morgan fingerprint density at radius 2 is 1.46 bits per heavy atom. The maximum Gasteiger partial charge on any atom is 0.318 e. The Bertz CT molecular complexity index is 815. The molecule has 2 aromatic carbocycles. The molecular weight excluding hydrogens is 322 g/mol. The maximum atomic E-state index is 13.4. The summed E-state index contributed by atoms with van der Waals surface area (Å²) in [6, 6.07) is 16.4. The van der Waals surface area contributed by atoms with Crippen LogP contribution in [-0.4, -0.2) is 31.7 Å². The van der Waals surface area contributed by atoms with Gasteiger partial charge in [0.25, 0.3) is 0 Å². The Kier molecular flexibility index (Phi) is 3.90. The van der Waals surface area contributed by atoms with Gasteiger partial charge < -0.3 is 9.64 Å². The van der Waals surface area contributed by atoms with E-state index in [0.29, 0.717) is 5.92 Å². The standard InChI is InChI=1S/C23H23NO2/c25-23(26-21-15-24-13-11-18(21)12-14-24)22-19-7-3-1-5-16(19)9-10-17-6-2-4-8-20(17)22/h1-10,18,21-22H,11-15H2/p+1/t21-/m0/s1. The number of carbonyl (C=O) groups excluding carboxylic acids is 1. The maximum absolute atomic E-state index is 13.4. The molecule has 2 bridgehead atoms. The minimum absolute atomic E-state index is 0.0792. The first-order valence-corrected chi connectivity index (χ1v) is 9.69. The van der Waals surface area contributed by atoms with Gasteiger partial charge in [-0.15, -0.1) is 0 Å². The van der Waals surface area contributed by atoms with Gasteiger partial charge in [-0.1, -0.05) is 60.7 Å². The molecule has 6 rings (SSSR count). The molecule has 0 saturated carbocycles. The van der Waals surface area contributed by atoms with Gasteiger partial charge in [0.1, 0.15) is 12.5 Å². The van der Waals surface area contributed by atoms with Crippen molar-refractivity contribution in [2.75, 3.05) is 19.6 Å². The van der Waals surface area contributed by atoms with E-state index in [1.807, 2.05) is 24.3 Å². The first kappa shape index (κ1) is 15.8. The Labute approximate surface area is 154 Å². The van der Waals surface area contributed by atoms with Gasteiger partial charge in [0.15, 0.2) is 6.10 Å². The van der Waals surface area contributed by atoms with Crippen LogP contribution in [0.2, 0.25) is 0 Å². The summed E-state index contributed by atoms with van der Waals surface area (Å²) in [6.45, 7) is 3.44.